The first-order valence-corrected chi connectivity index (χ1v) is 6.27. The number of halogens is 1. The van der Waals surface area contributed by atoms with Gasteiger partial charge in [-0.05, 0) is 39.0 Å². The highest BCUT2D eigenvalue weighted by atomic mass is 35.5. The lowest BCUT2D eigenvalue weighted by Crippen LogP contribution is -2.44. The maximum Gasteiger partial charge on any atom is 0.123 e. The molecule has 3 N–H and O–H groups in total. The van der Waals surface area contributed by atoms with Crippen molar-refractivity contribution >= 4 is 11.6 Å². The summed E-state index contributed by atoms with van der Waals surface area (Å²) >= 11 is 6.04. The van der Waals surface area contributed by atoms with Crippen LogP contribution in [0.1, 0.15) is 32.4 Å². The topological polar surface area (TPSA) is 56.5 Å². The summed E-state index contributed by atoms with van der Waals surface area (Å²) in [5, 5.41) is 0.637. The lowest BCUT2D eigenvalue weighted by Gasteiger charge is -2.34. The normalized spacial score (nSPS) is 13.4. The summed E-state index contributed by atoms with van der Waals surface area (Å²) in [7, 11) is 1.62. The Kier molecular flexibility index (Phi) is 5.41. The SMILES string of the molecule is CCOC(C)(C)C(NN)c1cc(Cl)ccc1OC. The van der Waals surface area contributed by atoms with E-state index in [2.05, 4.69) is 5.43 Å². The second-order valence-electron chi connectivity index (χ2n) is 4.52. The Morgan fingerprint density at radius 3 is 2.61 bits per heavy atom. The maximum atomic E-state index is 6.04. The Morgan fingerprint density at radius 2 is 2.11 bits per heavy atom. The number of methoxy groups -OCH3 is 1. The molecule has 1 unspecified atom stereocenters. The molecule has 0 amide bonds. The Labute approximate surface area is 113 Å². The van der Waals surface area contributed by atoms with E-state index in [4.69, 9.17) is 26.9 Å². The number of nitrogens with one attached hydrogen (secondary N) is 1. The predicted molar refractivity (Wildman–Crippen MR) is 73.8 cm³/mol. The Bertz CT molecular complexity index is 397. The molecule has 0 saturated carbocycles. The van der Waals surface area contributed by atoms with Gasteiger partial charge in [-0.3, -0.25) is 5.84 Å². The first-order valence-electron chi connectivity index (χ1n) is 5.89. The molecule has 0 bridgehead atoms. The molecular formula is C13H21ClN2O2. The van der Waals surface area contributed by atoms with Gasteiger partial charge >= 0.3 is 0 Å². The van der Waals surface area contributed by atoms with Crippen LogP contribution in [-0.2, 0) is 4.74 Å². The minimum Gasteiger partial charge on any atom is -0.496 e. The Balaban J connectivity index is 3.19. The third kappa shape index (κ3) is 3.36. The molecule has 0 radical (unpaired) electrons. The fourth-order valence-electron chi connectivity index (χ4n) is 2.05. The van der Waals surface area contributed by atoms with Crippen LogP contribution in [0.5, 0.6) is 5.75 Å². The molecule has 5 heteroatoms. The van der Waals surface area contributed by atoms with E-state index in [1.165, 1.54) is 0 Å². The number of ether oxygens (including phenoxy) is 2. The van der Waals surface area contributed by atoms with Crippen LogP contribution in [0.2, 0.25) is 5.02 Å². The molecule has 102 valence electrons. The summed E-state index contributed by atoms with van der Waals surface area (Å²) in [5.41, 5.74) is 3.19. The molecule has 0 heterocycles. The highest BCUT2D eigenvalue weighted by molar-refractivity contribution is 6.30. The van der Waals surface area contributed by atoms with E-state index in [1.807, 2.05) is 32.9 Å². The zero-order chi connectivity index (χ0) is 13.8. The Morgan fingerprint density at radius 1 is 1.44 bits per heavy atom. The molecule has 0 fully saturated rings. The maximum absolute atomic E-state index is 6.04. The molecule has 0 spiro atoms. The molecular weight excluding hydrogens is 252 g/mol. The Hall–Kier alpha value is -0.810. The van der Waals surface area contributed by atoms with Crippen LogP contribution in [0.4, 0.5) is 0 Å². The van der Waals surface area contributed by atoms with Gasteiger partial charge in [-0.1, -0.05) is 11.6 Å². The predicted octanol–water partition coefficient (Wildman–Crippen LogP) is 2.67. The first kappa shape index (κ1) is 15.2. The van der Waals surface area contributed by atoms with Crippen LogP contribution in [-0.4, -0.2) is 19.3 Å². The molecule has 0 aromatic heterocycles. The number of hydrogen-bond acceptors (Lipinski definition) is 4. The van der Waals surface area contributed by atoms with E-state index in [1.54, 1.807) is 13.2 Å². The molecule has 0 aliphatic heterocycles. The smallest absolute Gasteiger partial charge is 0.123 e. The molecule has 0 saturated heterocycles. The van der Waals surface area contributed by atoms with E-state index in [-0.39, 0.29) is 6.04 Å². The average molecular weight is 273 g/mol. The van der Waals surface area contributed by atoms with Crippen LogP contribution < -0.4 is 16.0 Å². The van der Waals surface area contributed by atoms with Crippen molar-refractivity contribution in [2.45, 2.75) is 32.4 Å². The van der Waals surface area contributed by atoms with Crippen molar-refractivity contribution in [1.82, 2.24) is 5.43 Å². The van der Waals surface area contributed by atoms with Crippen molar-refractivity contribution < 1.29 is 9.47 Å². The van der Waals surface area contributed by atoms with Crippen LogP contribution in [0.15, 0.2) is 18.2 Å². The van der Waals surface area contributed by atoms with E-state index >= 15 is 0 Å². The summed E-state index contributed by atoms with van der Waals surface area (Å²) in [6, 6.07) is 5.23. The molecule has 4 nitrogen and oxygen atoms in total. The quantitative estimate of drug-likeness (QED) is 0.617. The van der Waals surface area contributed by atoms with Gasteiger partial charge in [-0.15, -0.1) is 0 Å². The summed E-state index contributed by atoms with van der Waals surface area (Å²) in [5.74, 6) is 6.40. The van der Waals surface area contributed by atoms with Crippen LogP contribution in [0.25, 0.3) is 0 Å². The molecule has 1 atom stereocenters. The first-order chi connectivity index (χ1) is 8.46. The van der Waals surface area contributed by atoms with Gasteiger partial charge in [-0.2, -0.15) is 0 Å². The molecule has 1 rings (SSSR count). The lowest BCUT2D eigenvalue weighted by molar-refractivity contribution is -0.0397. The van der Waals surface area contributed by atoms with Gasteiger partial charge in [0.25, 0.3) is 0 Å². The van der Waals surface area contributed by atoms with Crippen molar-refractivity contribution in [2.24, 2.45) is 5.84 Å². The largest absolute Gasteiger partial charge is 0.496 e. The summed E-state index contributed by atoms with van der Waals surface area (Å²) < 4.78 is 11.1. The van der Waals surface area contributed by atoms with E-state index < -0.39 is 5.60 Å². The minimum atomic E-state index is -0.471. The number of benzene rings is 1. The van der Waals surface area contributed by atoms with Crippen LogP contribution >= 0.6 is 11.6 Å². The van der Waals surface area contributed by atoms with Gasteiger partial charge in [0.05, 0.1) is 18.8 Å². The molecule has 0 aliphatic carbocycles. The average Bonchev–Trinajstić information content (AvgIpc) is 2.29. The zero-order valence-electron chi connectivity index (χ0n) is 11.3. The second-order valence-corrected chi connectivity index (χ2v) is 4.96. The highest BCUT2D eigenvalue weighted by Crippen LogP contribution is 2.35. The summed E-state index contributed by atoms with van der Waals surface area (Å²) in [4.78, 5) is 0. The number of hydrogen-bond donors (Lipinski definition) is 2. The van der Waals surface area contributed by atoms with Crippen molar-refractivity contribution in [3.05, 3.63) is 28.8 Å². The van der Waals surface area contributed by atoms with Crippen LogP contribution in [0, 0.1) is 0 Å². The van der Waals surface area contributed by atoms with E-state index in [0.717, 1.165) is 11.3 Å². The monoisotopic (exact) mass is 272 g/mol. The molecule has 1 aromatic rings. The van der Waals surface area contributed by atoms with Crippen molar-refractivity contribution in [3.8, 4) is 5.75 Å². The number of nitrogens with two attached hydrogens (primary N) is 1. The van der Waals surface area contributed by atoms with Crippen molar-refractivity contribution in [2.75, 3.05) is 13.7 Å². The zero-order valence-corrected chi connectivity index (χ0v) is 12.0. The fraction of sp³-hybridized carbons (Fsp3) is 0.538. The van der Waals surface area contributed by atoms with Gasteiger partial charge in [0.2, 0.25) is 0 Å². The summed E-state index contributed by atoms with van der Waals surface area (Å²) in [6.07, 6.45) is 0. The van der Waals surface area contributed by atoms with Gasteiger partial charge in [-0.25, -0.2) is 5.43 Å². The third-order valence-corrected chi connectivity index (χ3v) is 3.12. The van der Waals surface area contributed by atoms with Gasteiger partial charge in [0.1, 0.15) is 5.75 Å². The van der Waals surface area contributed by atoms with E-state index in [0.29, 0.717) is 11.6 Å². The molecule has 18 heavy (non-hydrogen) atoms. The molecule has 0 aliphatic rings. The van der Waals surface area contributed by atoms with Crippen molar-refractivity contribution in [1.29, 1.82) is 0 Å². The lowest BCUT2D eigenvalue weighted by atomic mass is 9.91. The van der Waals surface area contributed by atoms with Gasteiger partial charge in [0, 0.05) is 17.2 Å². The highest BCUT2D eigenvalue weighted by Gasteiger charge is 2.32. The van der Waals surface area contributed by atoms with Crippen molar-refractivity contribution in [3.63, 3.8) is 0 Å². The molecule has 1 aromatic carbocycles. The minimum absolute atomic E-state index is 0.217. The van der Waals surface area contributed by atoms with Gasteiger partial charge < -0.3 is 9.47 Å². The third-order valence-electron chi connectivity index (χ3n) is 2.88. The van der Waals surface area contributed by atoms with Crippen LogP contribution in [0.3, 0.4) is 0 Å². The van der Waals surface area contributed by atoms with Gasteiger partial charge in [0.15, 0.2) is 0 Å². The summed E-state index contributed by atoms with van der Waals surface area (Å²) in [6.45, 7) is 6.50. The number of rotatable bonds is 6. The van der Waals surface area contributed by atoms with E-state index in [9.17, 15) is 0 Å². The standard InChI is InChI=1S/C13H21ClN2O2/c1-5-18-13(2,3)12(16-15)10-8-9(14)6-7-11(10)17-4/h6-8,12,16H,5,15H2,1-4H3. The number of hydrazine groups is 1. The second kappa shape index (κ2) is 6.38. The fourth-order valence-corrected chi connectivity index (χ4v) is 2.23.